The van der Waals surface area contributed by atoms with Crippen molar-refractivity contribution in [2.45, 2.75) is 64.1 Å². The Balaban J connectivity index is 1.57. The first-order valence-corrected chi connectivity index (χ1v) is 9.09. The molecule has 3 unspecified atom stereocenters. The third-order valence-corrected chi connectivity index (χ3v) is 5.66. The lowest BCUT2D eigenvalue weighted by atomic mass is 10.0. The number of amides is 4. The van der Waals surface area contributed by atoms with E-state index in [1.54, 1.807) is 0 Å². The number of urea groups is 1. The molecule has 3 saturated heterocycles. The second-order valence-electron chi connectivity index (χ2n) is 7.38. The average Bonchev–Trinajstić information content (AvgIpc) is 2.89. The van der Waals surface area contributed by atoms with Crippen LogP contribution in [0.3, 0.4) is 0 Å². The number of nitrogens with zero attached hydrogens (tertiary/aromatic N) is 3. The number of imide groups is 1. The van der Waals surface area contributed by atoms with Crippen molar-refractivity contribution in [1.29, 1.82) is 0 Å². The van der Waals surface area contributed by atoms with Gasteiger partial charge < -0.3 is 9.80 Å². The van der Waals surface area contributed by atoms with E-state index in [-0.39, 0.29) is 24.8 Å². The molecule has 24 heavy (non-hydrogen) atoms. The number of piperidine rings is 1. The topological polar surface area (TPSA) is 73.0 Å². The van der Waals surface area contributed by atoms with Crippen molar-refractivity contribution in [3.63, 3.8) is 0 Å². The SMILES string of the molecule is CC1CCC(C)N1C1CCCN(C(=O)CN2CCC(=O)NC2=O)C1. The van der Waals surface area contributed by atoms with E-state index in [9.17, 15) is 14.4 Å². The van der Waals surface area contributed by atoms with Crippen molar-refractivity contribution >= 4 is 17.8 Å². The molecule has 3 aliphatic rings. The van der Waals surface area contributed by atoms with Crippen molar-refractivity contribution < 1.29 is 14.4 Å². The molecule has 0 saturated carbocycles. The molecule has 1 N–H and O–H groups in total. The van der Waals surface area contributed by atoms with E-state index < -0.39 is 6.03 Å². The molecule has 3 aliphatic heterocycles. The Morgan fingerprint density at radius 3 is 2.50 bits per heavy atom. The number of rotatable bonds is 3. The van der Waals surface area contributed by atoms with Crippen LogP contribution in [0.2, 0.25) is 0 Å². The largest absolute Gasteiger partial charge is 0.340 e. The van der Waals surface area contributed by atoms with Gasteiger partial charge in [-0.05, 0) is 39.5 Å². The lowest BCUT2D eigenvalue weighted by molar-refractivity contribution is -0.135. The molecule has 0 spiro atoms. The maximum absolute atomic E-state index is 12.6. The second kappa shape index (κ2) is 7.09. The number of hydrogen-bond donors (Lipinski definition) is 1. The molecule has 3 rings (SSSR count). The van der Waals surface area contributed by atoms with Gasteiger partial charge in [-0.15, -0.1) is 0 Å². The van der Waals surface area contributed by atoms with Crippen LogP contribution in [0.1, 0.15) is 46.0 Å². The number of carbonyl (C=O) groups excluding carboxylic acids is 3. The van der Waals surface area contributed by atoms with Crippen LogP contribution in [0.4, 0.5) is 4.79 Å². The lowest BCUT2D eigenvalue weighted by Crippen LogP contribution is -2.56. The van der Waals surface area contributed by atoms with Crippen LogP contribution < -0.4 is 5.32 Å². The van der Waals surface area contributed by atoms with Gasteiger partial charge in [0.2, 0.25) is 11.8 Å². The molecule has 4 amide bonds. The van der Waals surface area contributed by atoms with Crippen molar-refractivity contribution in [2.24, 2.45) is 0 Å². The standard InChI is InChI=1S/C17H28N4O3/c1-12-5-6-13(2)21(12)14-4-3-8-19(10-14)16(23)11-20-9-7-15(22)18-17(20)24/h12-14H,3-11H2,1-2H3,(H,18,22,24). The quantitative estimate of drug-likeness (QED) is 0.827. The van der Waals surface area contributed by atoms with Crippen LogP contribution in [0.5, 0.6) is 0 Å². The van der Waals surface area contributed by atoms with Crippen molar-refractivity contribution in [1.82, 2.24) is 20.0 Å². The van der Waals surface area contributed by atoms with Gasteiger partial charge in [-0.25, -0.2) is 4.79 Å². The molecule has 0 aromatic rings. The first-order chi connectivity index (χ1) is 11.5. The summed E-state index contributed by atoms with van der Waals surface area (Å²) in [6.45, 7) is 6.46. The van der Waals surface area contributed by atoms with E-state index in [0.717, 1.165) is 25.9 Å². The Kier molecular flexibility index (Phi) is 5.08. The molecule has 3 fully saturated rings. The molecule has 7 heteroatoms. The van der Waals surface area contributed by atoms with Crippen LogP contribution in [-0.4, -0.2) is 76.8 Å². The molecule has 3 heterocycles. The van der Waals surface area contributed by atoms with Crippen molar-refractivity contribution in [3.8, 4) is 0 Å². The Bertz CT molecular complexity index is 514. The van der Waals surface area contributed by atoms with E-state index in [1.165, 1.54) is 17.7 Å². The molecule has 134 valence electrons. The van der Waals surface area contributed by atoms with Gasteiger partial charge in [0, 0.05) is 44.2 Å². The van der Waals surface area contributed by atoms with E-state index in [4.69, 9.17) is 0 Å². The number of carbonyl (C=O) groups is 3. The zero-order valence-electron chi connectivity index (χ0n) is 14.7. The maximum Gasteiger partial charge on any atom is 0.324 e. The Labute approximate surface area is 143 Å². The fourth-order valence-electron chi connectivity index (χ4n) is 4.37. The van der Waals surface area contributed by atoms with Crippen LogP contribution in [0, 0.1) is 0 Å². The van der Waals surface area contributed by atoms with Crippen LogP contribution in [-0.2, 0) is 9.59 Å². The minimum Gasteiger partial charge on any atom is -0.340 e. The molecule has 0 aliphatic carbocycles. The summed E-state index contributed by atoms with van der Waals surface area (Å²) in [5.41, 5.74) is 0. The first-order valence-electron chi connectivity index (χ1n) is 9.09. The van der Waals surface area contributed by atoms with Crippen molar-refractivity contribution in [2.75, 3.05) is 26.2 Å². The van der Waals surface area contributed by atoms with Gasteiger partial charge in [0.25, 0.3) is 0 Å². The summed E-state index contributed by atoms with van der Waals surface area (Å²) < 4.78 is 0. The highest BCUT2D eigenvalue weighted by atomic mass is 16.2. The molecular formula is C17H28N4O3. The van der Waals surface area contributed by atoms with Crippen LogP contribution in [0.25, 0.3) is 0 Å². The number of hydrogen-bond acceptors (Lipinski definition) is 4. The van der Waals surface area contributed by atoms with E-state index in [1.807, 2.05) is 4.90 Å². The summed E-state index contributed by atoms with van der Waals surface area (Å²) in [5.74, 6) is -0.276. The average molecular weight is 336 g/mol. The van der Waals surface area contributed by atoms with Gasteiger partial charge in [-0.3, -0.25) is 19.8 Å². The monoisotopic (exact) mass is 336 g/mol. The van der Waals surface area contributed by atoms with Gasteiger partial charge in [0.1, 0.15) is 6.54 Å². The van der Waals surface area contributed by atoms with E-state index >= 15 is 0 Å². The summed E-state index contributed by atoms with van der Waals surface area (Å²) in [6.07, 6.45) is 4.87. The Hall–Kier alpha value is -1.63. The van der Waals surface area contributed by atoms with Gasteiger partial charge in [0.15, 0.2) is 0 Å². The molecule has 0 aromatic heterocycles. The first kappa shape index (κ1) is 17.2. The normalized spacial score (nSPS) is 32.2. The second-order valence-corrected chi connectivity index (χ2v) is 7.38. The molecule has 7 nitrogen and oxygen atoms in total. The predicted molar refractivity (Wildman–Crippen MR) is 89.3 cm³/mol. The smallest absolute Gasteiger partial charge is 0.324 e. The molecule has 3 atom stereocenters. The summed E-state index contributed by atoms with van der Waals surface area (Å²) in [5, 5.41) is 2.27. The highest BCUT2D eigenvalue weighted by molar-refractivity contribution is 5.98. The third kappa shape index (κ3) is 3.55. The Morgan fingerprint density at radius 2 is 1.83 bits per heavy atom. The van der Waals surface area contributed by atoms with E-state index in [2.05, 4.69) is 24.1 Å². The minimum atomic E-state index is -0.449. The minimum absolute atomic E-state index is 0.0105. The highest BCUT2D eigenvalue weighted by Gasteiger charge is 2.37. The fourth-order valence-corrected chi connectivity index (χ4v) is 4.37. The Morgan fingerprint density at radius 1 is 1.12 bits per heavy atom. The lowest BCUT2D eigenvalue weighted by Gasteiger charge is -2.42. The zero-order valence-corrected chi connectivity index (χ0v) is 14.7. The van der Waals surface area contributed by atoms with E-state index in [0.29, 0.717) is 24.7 Å². The maximum atomic E-state index is 12.6. The van der Waals surface area contributed by atoms with Gasteiger partial charge in [-0.1, -0.05) is 0 Å². The van der Waals surface area contributed by atoms with Crippen LogP contribution >= 0.6 is 0 Å². The molecule has 0 aromatic carbocycles. The highest BCUT2D eigenvalue weighted by Crippen LogP contribution is 2.29. The molecule has 0 radical (unpaired) electrons. The van der Waals surface area contributed by atoms with Gasteiger partial charge >= 0.3 is 6.03 Å². The molecular weight excluding hydrogens is 308 g/mol. The van der Waals surface area contributed by atoms with Crippen molar-refractivity contribution in [3.05, 3.63) is 0 Å². The predicted octanol–water partition coefficient (Wildman–Crippen LogP) is 0.792. The summed E-state index contributed by atoms with van der Waals surface area (Å²) >= 11 is 0. The summed E-state index contributed by atoms with van der Waals surface area (Å²) in [4.78, 5) is 41.5. The number of nitrogens with one attached hydrogen (secondary N) is 1. The van der Waals surface area contributed by atoms with Gasteiger partial charge in [-0.2, -0.15) is 0 Å². The van der Waals surface area contributed by atoms with Gasteiger partial charge in [0.05, 0.1) is 0 Å². The number of likely N-dealkylation sites (tertiary alicyclic amines) is 2. The zero-order chi connectivity index (χ0) is 17.3. The van der Waals surface area contributed by atoms with Crippen LogP contribution in [0.15, 0.2) is 0 Å². The summed E-state index contributed by atoms with van der Waals surface area (Å²) in [6, 6.07) is 1.14. The molecule has 0 bridgehead atoms. The fraction of sp³-hybridized carbons (Fsp3) is 0.824. The third-order valence-electron chi connectivity index (χ3n) is 5.66. The summed E-state index contributed by atoms with van der Waals surface area (Å²) in [7, 11) is 0.